The number of nitrogens with two attached hydrogens (primary N) is 1. The van der Waals surface area contributed by atoms with E-state index in [1.165, 1.54) is 0 Å². The van der Waals surface area contributed by atoms with E-state index in [9.17, 15) is 0 Å². The first-order chi connectivity index (χ1) is 7.90. The number of pyridine rings is 1. The van der Waals surface area contributed by atoms with Crippen LogP contribution in [0.5, 0.6) is 0 Å². The zero-order valence-electron chi connectivity index (χ0n) is 9.06. The topological polar surface area (TPSA) is 50.9 Å². The summed E-state index contributed by atoms with van der Waals surface area (Å²) in [5, 5.41) is 3.36. The van der Waals surface area contributed by atoms with E-state index in [0.29, 0.717) is 6.54 Å². The highest BCUT2D eigenvalue weighted by molar-refractivity contribution is 5.51. The van der Waals surface area contributed by atoms with Crippen molar-refractivity contribution in [2.45, 2.75) is 13.1 Å². The van der Waals surface area contributed by atoms with Gasteiger partial charge in [0.1, 0.15) is 0 Å². The van der Waals surface area contributed by atoms with Gasteiger partial charge in [-0.1, -0.05) is 24.3 Å². The smallest absolute Gasteiger partial charge is 0.0416 e. The molecule has 0 saturated heterocycles. The van der Waals surface area contributed by atoms with E-state index in [0.717, 1.165) is 23.4 Å². The average molecular weight is 213 g/mol. The fraction of sp³-hybridized carbons (Fsp3) is 0.154. The lowest BCUT2D eigenvalue weighted by molar-refractivity contribution is 1.05. The Labute approximate surface area is 95.3 Å². The molecule has 0 aliphatic heterocycles. The molecule has 82 valence electrons. The highest BCUT2D eigenvalue weighted by Crippen LogP contribution is 2.14. The third kappa shape index (κ3) is 2.58. The van der Waals surface area contributed by atoms with Crippen molar-refractivity contribution in [3.8, 4) is 0 Å². The SMILES string of the molecule is NCc1ccccc1NCc1cccnc1. The van der Waals surface area contributed by atoms with Crippen molar-refractivity contribution in [1.29, 1.82) is 0 Å². The van der Waals surface area contributed by atoms with Crippen molar-refractivity contribution in [1.82, 2.24) is 4.98 Å². The standard InChI is InChI=1S/C13H15N3/c14-8-12-5-1-2-6-13(12)16-10-11-4-3-7-15-9-11/h1-7,9,16H,8,10,14H2. The lowest BCUT2D eigenvalue weighted by atomic mass is 10.1. The van der Waals surface area contributed by atoms with E-state index < -0.39 is 0 Å². The van der Waals surface area contributed by atoms with Gasteiger partial charge in [0, 0.05) is 31.2 Å². The lowest BCUT2D eigenvalue weighted by Gasteiger charge is -2.10. The average Bonchev–Trinajstić information content (AvgIpc) is 2.38. The Morgan fingerprint density at radius 2 is 2.00 bits per heavy atom. The maximum atomic E-state index is 5.67. The summed E-state index contributed by atoms with van der Waals surface area (Å²) < 4.78 is 0. The van der Waals surface area contributed by atoms with Crippen LogP contribution in [0.15, 0.2) is 48.8 Å². The first-order valence-corrected chi connectivity index (χ1v) is 5.31. The molecule has 2 rings (SSSR count). The van der Waals surface area contributed by atoms with Gasteiger partial charge in [0.15, 0.2) is 0 Å². The highest BCUT2D eigenvalue weighted by Gasteiger charge is 1.98. The molecule has 1 aromatic heterocycles. The summed E-state index contributed by atoms with van der Waals surface area (Å²) in [7, 11) is 0. The number of anilines is 1. The Balaban J connectivity index is 2.05. The Morgan fingerprint density at radius 3 is 2.75 bits per heavy atom. The molecule has 1 aromatic carbocycles. The molecule has 0 amide bonds. The number of rotatable bonds is 4. The highest BCUT2D eigenvalue weighted by atomic mass is 14.9. The summed E-state index contributed by atoms with van der Waals surface area (Å²) >= 11 is 0. The minimum absolute atomic E-state index is 0.552. The normalized spacial score (nSPS) is 10.1. The minimum atomic E-state index is 0.552. The van der Waals surface area contributed by atoms with Crippen LogP contribution in [0.25, 0.3) is 0 Å². The second kappa shape index (κ2) is 5.28. The molecule has 2 aromatic rings. The van der Waals surface area contributed by atoms with Crippen LogP contribution < -0.4 is 11.1 Å². The van der Waals surface area contributed by atoms with Gasteiger partial charge in [-0.2, -0.15) is 0 Å². The van der Waals surface area contributed by atoms with Crippen LogP contribution in [0.4, 0.5) is 5.69 Å². The quantitative estimate of drug-likeness (QED) is 0.818. The summed E-state index contributed by atoms with van der Waals surface area (Å²) in [5.74, 6) is 0. The van der Waals surface area contributed by atoms with E-state index in [2.05, 4.69) is 10.3 Å². The number of benzene rings is 1. The second-order valence-electron chi connectivity index (χ2n) is 3.58. The molecule has 0 fully saturated rings. The number of hydrogen-bond donors (Lipinski definition) is 2. The van der Waals surface area contributed by atoms with Crippen LogP contribution in [-0.4, -0.2) is 4.98 Å². The molecule has 3 N–H and O–H groups in total. The van der Waals surface area contributed by atoms with Gasteiger partial charge in [0.25, 0.3) is 0 Å². The lowest BCUT2D eigenvalue weighted by Crippen LogP contribution is -2.05. The van der Waals surface area contributed by atoms with Crippen LogP contribution >= 0.6 is 0 Å². The molecule has 3 nitrogen and oxygen atoms in total. The second-order valence-corrected chi connectivity index (χ2v) is 3.58. The van der Waals surface area contributed by atoms with E-state index in [1.54, 1.807) is 6.20 Å². The summed E-state index contributed by atoms with van der Waals surface area (Å²) in [4.78, 5) is 4.07. The van der Waals surface area contributed by atoms with Crippen molar-refractivity contribution >= 4 is 5.69 Å². The zero-order valence-corrected chi connectivity index (χ0v) is 9.06. The van der Waals surface area contributed by atoms with E-state index in [-0.39, 0.29) is 0 Å². The van der Waals surface area contributed by atoms with Crippen LogP contribution in [0.1, 0.15) is 11.1 Å². The van der Waals surface area contributed by atoms with Gasteiger partial charge in [-0.3, -0.25) is 4.98 Å². The fourth-order valence-corrected chi connectivity index (χ4v) is 1.57. The van der Waals surface area contributed by atoms with Crippen LogP contribution in [0, 0.1) is 0 Å². The Bertz CT molecular complexity index is 440. The summed E-state index contributed by atoms with van der Waals surface area (Å²) in [5.41, 5.74) is 9.05. The predicted octanol–water partition coefficient (Wildman–Crippen LogP) is 2.15. The molecule has 0 spiro atoms. The molecule has 0 radical (unpaired) electrons. The van der Waals surface area contributed by atoms with Gasteiger partial charge >= 0.3 is 0 Å². The molecule has 3 heteroatoms. The molecule has 0 aliphatic rings. The monoisotopic (exact) mass is 213 g/mol. The van der Waals surface area contributed by atoms with Crippen LogP contribution in [-0.2, 0) is 13.1 Å². The largest absolute Gasteiger partial charge is 0.381 e. The van der Waals surface area contributed by atoms with Gasteiger partial charge in [-0.15, -0.1) is 0 Å². The number of aromatic nitrogens is 1. The van der Waals surface area contributed by atoms with E-state index in [4.69, 9.17) is 5.73 Å². The third-order valence-corrected chi connectivity index (χ3v) is 2.44. The Hall–Kier alpha value is -1.87. The third-order valence-electron chi connectivity index (χ3n) is 2.44. The number of nitrogens with zero attached hydrogens (tertiary/aromatic N) is 1. The first-order valence-electron chi connectivity index (χ1n) is 5.31. The zero-order chi connectivity index (χ0) is 11.2. The van der Waals surface area contributed by atoms with Gasteiger partial charge < -0.3 is 11.1 Å². The minimum Gasteiger partial charge on any atom is -0.381 e. The number of para-hydroxylation sites is 1. The number of hydrogen-bond acceptors (Lipinski definition) is 3. The molecule has 0 unspecified atom stereocenters. The summed E-state index contributed by atoms with van der Waals surface area (Å²) in [6, 6.07) is 12.1. The van der Waals surface area contributed by atoms with Gasteiger partial charge in [0.2, 0.25) is 0 Å². The molecule has 0 atom stereocenters. The van der Waals surface area contributed by atoms with Gasteiger partial charge in [-0.05, 0) is 23.3 Å². The van der Waals surface area contributed by atoms with Gasteiger partial charge in [-0.25, -0.2) is 0 Å². The number of nitrogens with one attached hydrogen (secondary N) is 1. The van der Waals surface area contributed by atoms with Crippen LogP contribution in [0.2, 0.25) is 0 Å². The summed E-state index contributed by atoms with van der Waals surface area (Å²) in [6.45, 7) is 1.32. The molecular weight excluding hydrogens is 198 g/mol. The molecule has 0 bridgehead atoms. The van der Waals surface area contributed by atoms with Gasteiger partial charge in [0.05, 0.1) is 0 Å². The summed E-state index contributed by atoms with van der Waals surface area (Å²) in [6.07, 6.45) is 3.63. The fourth-order valence-electron chi connectivity index (χ4n) is 1.57. The molecular formula is C13H15N3. The molecule has 0 aliphatic carbocycles. The Kier molecular flexibility index (Phi) is 3.51. The van der Waals surface area contributed by atoms with Crippen molar-refractivity contribution in [3.05, 3.63) is 59.9 Å². The first kappa shape index (κ1) is 10.6. The molecule has 0 saturated carbocycles. The van der Waals surface area contributed by atoms with Crippen molar-refractivity contribution in [2.24, 2.45) is 5.73 Å². The van der Waals surface area contributed by atoms with Crippen molar-refractivity contribution < 1.29 is 0 Å². The maximum Gasteiger partial charge on any atom is 0.0416 e. The maximum absolute atomic E-state index is 5.67. The van der Waals surface area contributed by atoms with Crippen LogP contribution in [0.3, 0.4) is 0 Å². The Morgan fingerprint density at radius 1 is 1.12 bits per heavy atom. The van der Waals surface area contributed by atoms with E-state index in [1.807, 2.05) is 42.6 Å². The van der Waals surface area contributed by atoms with E-state index >= 15 is 0 Å². The van der Waals surface area contributed by atoms with Crippen molar-refractivity contribution in [2.75, 3.05) is 5.32 Å². The van der Waals surface area contributed by atoms with Crippen molar-refractivity contribution in [3.63, 3.8) is 0 Å². The predicted molar refractivity (Wildman–Crippen MR) is 65.9 cm³/mol. The molecule has 16 heavy (non-hydrogen) atoms. The molecule has 1 heterocycles.